The Hall–Kier alpha value is -0.590. The van der Waals surface area contributed by atoms with Crippen LogP contribution in [0.3, 0.4) is 0 Å². The zero-order valence-electron chi connectivity index (χ0n) is 9.96. The zero-order valence-corrected chi connectivity index (χ0v) is 9.96. The Morgan fingerprint density at radius 1 is 1.33 bits per heavy atom. The van der Waals surface area contributed by atoms with E-state index in [4.69, 9.17) is 0 Å². The molecule has 0 bridgehead atoms. The summed E-state index contributed by atoms with van der Waals surface area (Å²) in [7, 11) is 0. The first-order chi connectivity index (χ1) is 7.11. The van der Waals surface area contributed by atoms with E-state index in [-0.39, 0.29) is 0 Å². The van der Waals surface area contributed by atoms with Crippen molar-refractivity contribution in [2.75, 3.05) is 0 Å². The summed E-state index contributed by atoms with van der Waals surface area (Å²) in [4.78, 5) is 12.0. The Morgan fingerprint density at radius 2 is 2.07 bits per heavy atom. The highest BCUT2D eigenvalue weighted by Gasteiger charge is 2.43. The molecule has 0 spiro atoms. The third-order valence-corrected chi connectivity index (χ3v) is 4.50. The van der Waals surface area contributed by atoms with Crippen molar-refractivity contribution in [3.05, 3.63) is 12.2 Å². The van der Waals surface area contributed by atoms with E-state index in [0.29, 0.717) is 23.5 Å². The largest absolute Gasteiger partial charge is 0.299 e. The van der Waals surface area contributed by atoms with Gasteiger partial charge >= 0.3 is 0 Å². The quantitative estimate of drug-likeness (QED) is 0.599. The minimum Gasteiger partial charge on any atom is -0.299 e. The van der Waals surface area contributed by atoms with Crippen LogP contribution in [0.5, 0.6) is 0 Å². The van der Waals surface area contributed by atoms with Crippen LogP contribution in [0.4, 0.5) is 0 Å². The molecule has 2 aliphatic rings. The van der Waals surface area contributed by atoms with Crippen LogP contribution in [-0.2, 0) is 4.79 Å². The van der Waals surface area contributed by atoms with Crippen molar-refractivity contribution >= 4 is 5.78 Å². The van der Waals surface area contributed by atoms with Gasteiger partial charge in [0.15, 0.2) is 0 Å². The third kappa shape index (κ3) is 1.89. The lowest BCUT2D eigenvalue weighted by Gasteiger charge is -2.29. The van der Waals surface area contributed by atoms with Crippen molar-refractivity contribution in [1.82, 2.24) is 0 Å². The zero-order chi connectivity index (χ0) is 11.0. The molecule has 2 aliphatic carbocycles. The fraction of sp³-hybridized carbons (Fsp3) is 0.786. The summed E-state index contributed by atoms with van der Waals surface area (Å²) < 4.78 is 0. The van der Waals surface area contributed by atoms with Crippen LogP contribution in [0, 0.1) is 23.7 Å². The molecule has 2 saturated carbocycles. The molecule has 0 aromatic carbocycles. The molecule has 0 aromatic heterocycles. The summed E-state index contributed by atoms with van der Waals surface area (Å²) in [5.41, 5.74) is 1.30. The number of fused-ring (bicyclic) bond motifs is 1. The molecule has 0 N–H and O–H groups in total. The normalized spacial score (nSPS) is 41.1. The summed E-state index contributed by atoms with van der Waals surface area (Å²) in [6, 6.07) is 0. The Bertz CT molecular complexity index is 279. The molecule has 0 saturated heterocycles. The van der Waals surface area contributed by atoms with Crippen LogP contribution in [0.25, 0.3) is 0 Å². The van der Waals surface area contributed by atoms with E-state index in [1.54, 1.807) is 0 Å². The van der Waals surface area contributed by atoms with Gasteiger partial charge in [-0.1, -0.05) is 19.1 Å². The van der Waals surface area contributed by atoms with E-state index >= 15 is 0 Å². The van der Waals surface area contributed by atoms with Gasteiger partial charge in [-0.15, -0.1) is 0 Å². The Labute approximate surface area is 92.9 Å². The standard InChI is InChI=1S/C14H22O/c1-9(2)11-5-4-6-13(15)12-8-7-10(3)14(11)12/h10-12,14H,1,4-8H2,2-3H3/t10-,11-,12+,14+/m1/s1. The highest BCUT2D eigenvalue weighted by Crippen LogP contribution is 2.47. The monoisotopic (exact) mass is 206 g/mol. The maximum absolute atomic E-state index is 12.0. The van der Waals surface area contributed by atoms with Gasteiger partial charge in [-0.25, -0.2) is 0 Å². The molecule has 0 radical (unpaired) electrons. The minimum atomic E-state index is 0.365. The van der Waals surface area contributed by atoms with E-state index < -0.39 is 0 Å². The van der Waals surface area contributed by atoms with Crippen LogP contribution in [0.1, 0.15) is 46.0 Å². The lowest BCUT2D eigenvalue weighted by Crippen LogP contribution is -2.26. The fourth-order valence-corrected chi connectivity index (χ4v) is 3.73. The Balaban J connectivity index is 2.26. The van der Waals surface area contributed by atoms with Crippen LogP contribution < -0.4 is 0 Å². The molecule has 0 aromatic rings. The molecule has 1 nitrogen and oxygen atoms in total. The lowest BCUT2D eigenvalue weighted by molar-refractivity contribution is -0.123. The minimum absolute atomic E-state index is 0.365. The fourth-order valence-electron chi connectivity index (χ4n) is 3.73. The van der Waals surface area contributed by atoms with Gasteiger partial charge in [0.2, 0.25) is 0 Å². The van der Waals surface area contributed by atoms with E-state index in [2.05, 4.69) is 20.4 Å². The van der Waals surface area contributed by atoms with Gasteiger partial charge in [0.1, 0.15) is 5.78 Å². The molecule has 84 valence electrons. The predicted molar refractivity (Wildman–Crippen MR) is 62.5 cm³/mol. The van der Waals surface area contributed by atoms with Crippen molar-refractivity contribution in [3.8, 4) is 0 Å². The number of carbonyl (C=O) groups is 1. The number of rotatable bonds is 1. The van der Waals surface area contributed by atoms with Crippen molar-refractivity contribution in [3.63, 3.8) is 0 Å². The summed E-state index contributed by atoms with van der Waals surface area (Å²) in [5.74, 6) is 2.84. The SMILES string of the molecule is C=C(C)[C@H]1CCCC(=O)[C@@H]2CC[C@@H](C)[C@@H]12. The van der Waals surface area contributed by atoms with E-state index in [1.165, 1.54) is 18.4 Å². The van der Waals surface area contributed by atoms with Gasteiger partial charge in [-0.3, -0.25) is 4.79 Å². The highest BCUT2D eigenvalue weighted by molar-refractivity contribution is 5.82. The van der Waals surface area contributed by atoms with Crippen molar-refractivity contribution in [2.45, 2.75) is 46.0 Å². The molecular weight excluding hydrogens is 184 g/mol. The lowest BCUT2D eigenvalue weighted by atomic mass is 9.75. The number of allylic oxidation sites excluding steroid dienone is 1. The number of ketones is 1. The van der Waals surface area contributed by atoms with Crippen molar-refractivity contribution in [1.29, 1.82) is 0 Å². The predicted octanol–water partition coefficient (Wildman–Crippen LogP) is 3.59. The number of Topliss-reactive ketones (excluding diaryl/α,β-unsaturated/α-hetero) is 1. The summed E-state index contributed by atoms with van der Waals surface area (Å²) in [5, 5.41) is 0. The number of carbonyl (C=O) groups excluding carboxylic acids is 1. The third-order valence-electron chi connectivity index (χ3n) is 4.50. The Morgan fingerprint density at radius 3 is 2.73 bits per heavy atom. The van der Waals surface area contributed by atoms with Crippen LogP contribution in [0.2, 0.25) is 0 Å². The first-order valence-electron chi connectivity index (χ1n) is 6.29. The first kappa shape index (κ1) is 10.9. The topological polar surface area (TPSA) is 17.1 Å². The smallest absolute Gasteiger partial charge is 0.136 e. The second-order valence-corrected chi connectivity index (χ2v) is 5.55. The van der Waals surface area contributed by atoms with Crippen molar-refractivity contribution < 1.29 is 4.79 Å². The molecule has 0 amide bonds. The maximum atomic E-state index is 12.0. The molecular formula is C14H22O. The average molecular weight is 206 g/mol. The first-order valence-corrected chi connectivity index (χ1v) is 6.29. The second-order valence-electron chi connectivity index (χ2n) is 5.55. The van der Waals surface area contributed by atoms with Crippen LogP contribution >= 0.6 is 0 Å². The molecule has 0 unspecified atom stereocenters. The molecule has 0 aliphatic heterocycles. The molecule has 2 fully saturated rings. The van der Waals surface area contributed by atoms with Gasteiger partial charge in [0.05, 0.1) is 0 Å². The van der Waals surface area contributed by atoms with Gasteiger partial charge < -0.3 is 0 Å². The molecule has 15 heavy (non-hydrogen) atoms. The molecule has 0 heterocycles. The molecule has 2 rings (SSSR count). The number of hydrogen-bond acceptors (Lipinski definition) is 1. The van der Waals surface area contributed by atoms with Gasteiger partial charge in [-0.05, 0) is 50.4 Å². The van der Waals surface area contributed by atoms with E-state index in [0.717, 1.165) is 25.2 Å². The summed E-state index contributed by atoms with van der Waals surface area (Å²) in [6.45, 7) is 8.59. The summed E-state index contributed by atoms with van der Waals surface area (Å²) in [6.07, 6.45) is 5.46. The maximum Gasteiger partial charge on any atom is 0.136 e. The number of hydrogen-bond donors (Lipinski definition) is 0. The van der Waals surface area contributed by atoms with Gasteiger partial charge in [0, 0.05) is 12.3 Å². The average Bonchev–Trinajstić information content (AvgIpc) is 2.45. The summed E-state index contributed by atoms with van der Waals surface area (Å²) >= 11 is 0. The van der Waals surface area contributed by atoms with E-state index in [1.807, 2.05) is 0 Å². The van der Waals surface area contributed by atoms with Gasteiger partial charge in [-0.2, -0.15) is 0 Å². The van der Waals surface area contributed by atoms with Crippen LogP contribution in [0.15, 0.2) is 12.2 Å². The highest BCUT2D eigenvalue weighted by atomic mass is 16.1. The molecule has 1 heteroatoms. The Kier molecular flexibility index (Phi) is 2.99. The van der Waals surface area contributed by atoms with Crippen LogP contribution in [-0.4, -0.2) is 5.78 Å². The van der Waals surface area contributed by atoms with E-state index in [9.17, 15) is 4.79 Å². The second kappa shape index (κ2) is 4.11. The molecule has 4 atom stereocenters. The van der Waals surface area contributed by atoms with Crippen molar-refractivity contribution in [2.24, 2.45) is 23.7 Å². The van der Waals surface area contributed by atoms with Gasteiger partial charge in [0.25, 0.3) is 0 Å².